The number of urea groups is 1. The quantitative estimate of drug-likeness (QED) is 0.554. The Hall–Kier alpha value is -1.15. The van der Waals surface area contributed by atoms with E-state index in [1.807, 2.05) is 0 Å². The first kappa shape index (κ1) is 14.3. The van der Waals surface area contributed by atoms with Crippen LogP contribution in [0.4, 0.5) is 4.79 Å². The highest BCUT2D eigenvalue weighted by molar-refractivity contribution is 6.36. The number of alkyl halides is 1. The Balaban J connectivity index is 2.25. The van der Waals surface area contributed by atoms with E-state index >= 15 is 0 Å². The van der Waals surface area contributed by atoms with Gasteiger partial charge in [-0.15, -0.1) is 11.6 Å². The van der Waals surface area contributed by atoms with Crippen molar-refractivity contribution in [2.75, 3.05) is 13.7 Å². The second-order valence-electron chi connectivity index (χ2n) is 4.46. The van der Waals surface area contributed by atoms with Crippen molar-refractivity contribution in [2.45, 2.75) is 30.4 Å². The van der Waals surface area contributed by atoms with Crippen molar-refractivity contribution in [1.29, 1.82) is 0 Å². The van der Waals surface area contributed by atoms with Gasteiger partial charge in [-0.1, -0.05) is 6.08 Å². The first-order chi connectivity index (χ1) is 8.91. The topological polar surface area (TPSA) is 88.1 Å². The van der Waals surface area contributed by atoms with E-state index in [1.54, 1.807) is 12.2 Å². The number of ether oxygens (including phenoxy) is 2. The van der Waals surface area contributed by atoms with Crippen molar-refractivity contribution < 1.29 is 24.2 Å². The minimum Gasteiger partial charge on any atom is -0.393 e. The largest absolute Gasteiger partial charge is 0.393 e. The van der Waals surface area contributed by atoms with Crippen LogP contribution in [0.3, 0.4) is 0 Å². The number of methoxy groups -OCH3 is 1. The SMILES string of the molecule is COC1N(C2C=CC(CO)O2)C(=O)NC(=O)C1(C)Cl. The summed E-state index contributed by atoms with van der Waals surface area (Å²) in [6.07, 6.45) is 1.03. The Labute approximate surface area is 115 Å². The van der Waals surface area contributed by atoms with Gasteiger partial charge in [-0.2, -0.15) is 0 Å². The van der Waals surface area contributed by atoms with Gasteiger partial charge in [0.05, 0.1) is 6.61 Å². The molecule has 0 aliphatic carbocycles. The maximum Gasteiger partial charge on any atom is 0.328 e. The Morgan fingerprint density at radius 2 is 2.26 bits per heavy atom. The van der Waals surface area contributed by atoms with Crippen molar-refractivity contribution in [3.8, 4) is 0 Å². The third kappa shape index (κ3) is 2.34. The summed E-state index contributed by atoms with van der Waals surface area (Å²) in [6.45, 7) is 1.26. The smallest absolute Gasteiger partial charge is 0.328 e. The lowest BCUT2D eigenvalue weighted by Crippen LogP contribution is -2.69. The van der Waals surface area contributed by atoms with Crippen LogP contribution in [0, 0.1) is 0 Å². The predicted octanol–water partition coefficient (Wildman–Crippen LogP) is -0.218. The van der Waals surface area contributed by atoms with E-state index in [4.69, 9.17) is 26.2 Å². The highest BCUT2D eigenvalue weighted by Crippen LogP contribution is 2.32. The molecule has 2 aliphatic heterocycles. The number of halogens is 1. The van der Waals surface area contributed by atoms with E-state index in [0.717, 1.165) is 0 Å². The van der Waals surface area contributed by atoms with Crippen LogP contribution in [0.5, 0.6) is 0 Å². The maximum absolute atomic E-state index is 11.9. The minimum atomic E-state index is -1.42. The summed E-state index contributed by atoms with van der Waals surface area (Å²) in [7, 11) is 1.35. The zero-order valence-corrected chi connectivity index (χ0v) is 11.3. The first-order valence-corrected chi connectivity index (χ1v) is 6.09. The number of imide groups is 1. The summed E-state index contributed by atoms with van der Waals surface area (Å²) in [4.78, 5) is 23.4. The molecule has 0 bridgehead atoms. The fraction of sp³-hybridized carbons (Fsp3) is 0.636. The van der Waals surface area contributed by atoms with Gasteiger partial charge in [0, 0.05) is 7.11 Å². The molecule has 4 atom stereocenters. The van der Waals surface area contributed by atoms with Crippen molar-refractivity contribution in [1.82, 2.24) is 10.2 Å². The van der Waals surface area contributed by atoms with Crippen molar-refractivity contribution in [3.63, 3.8) is 0 Å². The molecule has 4 unspecified atom stereocenters. The van der Waals surface area contributed by atoms with Gasteiger partial charge in [0.2, 0.25) is 0 Å². The van der Waals surface area contributed by atoms with Crippen molar-refractivity contribution in [2.24, 2.45) is 0 Å². The lowest BCUT2D eigenvalue weighted by Gasteiger charge is -2.44. The lowest BCUT2D eigenvalue weighted by molar-refractivity contribution is -0.150. The summed E-state index contributed by atoms with van der Waals surface area (Å²) < 4.78 is 10.6. The molecule has 2 rings (SSSR count). The molecule has 7 nitrogen and oxygen atoms in total. The van der Waals surface area contributed by atoms with Crippen LogP contribution < -0.4 is 5.32 Å². The Bertz CT molecular complexity index is 425. The molecular weight excluding hydrogens is 276 g/mol. The number of carbonyl (C=O) groups is 2. The second-order valence-corrected chi connectivity index (χ2v) is 5.25. The number of aliphatic hydroxyl groups is 1. The summed E-state index contributed by atoms with van der Waals surface area (Å²) >= 11 is 6.14. The summed E-state index contributed by atoms with van der Waals surface area (Å²) in [5.41, 5.74) is 0. The molecule has 2 aliphatic rings. The van der Waals surface area contributed by atoms with Crippen LogP contribution in [0.1, 0.15) is 6.92 Å². The monoisotopic (exact) mass is 290 g/mol. The highest BCUT2D eigenvalue weighted by atomic mass is 35.5. The summed E-state index contributed by atoms with van der Waals surface area (Å²) in [5, 5.41) is 11.2. The summed E-state index contributed by atoms with van der Waals surface area (Å²) in [5.74, 6) is -0.622. The molecule has 0 spiro atoms. The molecule has 19 heavy (non-hydrogen) atoms. The van der Waals surface area contributed by atoms with E-state index in [9.17, 15) is 9.59 Å². The molecular formula is C11H15ClN2O5. The van der Waals surface area contributed by atoms with Crippen LogP contribution in [-0.4, -0.2) is 59.1 Å². The predicted molar refractivity (Wildman–Crippen MR) is 65.3 cm³/mol. The molecule has 3 amide bonds. The number of hydrogen-bond donors (Lipinski definition) is 2. The normalized spacial score (nSPS) is 38.7. The van der Waals surface area contributed by atoms with Crippen molar-refractivity contribution >= 4 is 23.5 Å². The van der Waals surface area contributed by atoms with Gasteiger partial charge >= 0.3 is 6.03 Å². The molecule has 1 saturated heterocycles. The summed E-state index contributed by atoms with van der Waals surface area (Å²) in [6, 6.07) is -0.650. The number of hydrogen-bond acceptors (Lipinski definition) is 5. The number of amides is 3. The zero-order valence-electron chi connectivity index (χ0n) is 10.5. The molecule has 0 aromatic carbocycles. The molecule has 8 heteroatoms. The molecule has 0 aromatic rings. The fourth-order valence-electron chi connectivity index (χ4n) is 2.10. The number of aliphatic hydroxyl groups excluding tert-OH is 1. The maximum atomic E-state index is 11.9. The van der Waals surface area contributed by atoms with E-state index < -0.39 is 35.4 Å². The van der Waals surface area contributed by atoms with Crippen molar-refractivity contribution in [3.05, 3.63) is 12.2 Å². The molecule has 0 aromatic heterocycles. The van der Waals surface area contributed by atoms with Gasteiger partial charge in [0.1, 0.15) is 6.10 Å². The minimum absolute atomic E-state index is 0.197. The lowest BCUT2D eigenvalue weighted by atomic mass is 10.0. The second kappa shape index (κ2) is 5.09. The average molecular weight is 291 g/mol. The van der Waals surface area contributed by atoms with Gasteiger partial charge < -0.3 is 14.6 Å². The van der Waals surface area contributed by atoms with E-state index in [0.29, 0.717) is 0 Å². The average Bonchev–Trinajstić information content (AvgIpc) is 2.81. The standard InChI is InChI=1S/C11H15ClN2O5/c1-11(12)8(16)13-10(17)14(9(11)18-2)7-4-3-6(5-15)19-7/h3-4,6-7,9,15H,5H2,1-2H3,(H,13,16,17). The van der Waals surface area contributed by atoms with Gasteiger partial charge in [0.25, 0.3) is 5.91 Å². The van der Waals surface area contributed by atoms with Crippen LogP contribution >= 0.6 is 11.6 Å². The third-order valence-electron chi connectivity index (χ3n) is 3.10. The van der Waals surface area contributed by atoms with Crippen LogP contribution in [0.15, 0.2) is 12.2 Å². The van der Waals surface area contributed by atoms with Gasteiger partial charge in [-0.25, -0.2) is 4.79 Å². The van der Waals surface area contributed by atoms with Crippen LogP contribution in [-0.2, 0) is 14.3 Å². The molecule has 106 valence electrons. The first-order valence-electron chi connectivity index (χ1n) is 5.72. The van der Waals surface area contributed by atoms with Crippen LogP contribution in [0.25, 0.3) is 0 Å². The number of nitrogens with one attached hydrogen (secondary N) is 1. The molecule has 2 heterocycles. The van der Waals surface area contributed by atoms with Gasteiger partial charge in [-0.3, -0.25) is 15.0 Å². The molecule has 1 fully saturated rings. The Kier molecular flexibility index (Phi) is 3.82. The molecule has 2 N–H and O–H groups in total. The highest BCUT2D eigenvalue weighted by Gasteiger charge is 2.52. The third-order valence-corrected chi connectivity index (χ3v) is 3.46. The Morgan fingerprint density at radius 1 is 1.58 bits per heavy atom. The van der Waals surface area contributed by atoms with E-state index in [-0.39, 0.29) is 6.61 Å². The Morgan fingerprint density at radius 3 is 2.79 bits per heavy atom. The number of carbonyl (C=O) groups excluding carboxylic acids is 2. The van der Waals surface area contributed by atoms with Gasteiger partial charge in [0.15, 0.2) is 17.3 Å². The van der Waals surface area contributed by atoms with Gasteiger partial charge in [-0.05, 0) is 13.0 Å². The number of rotatable bonds is 3. The molecule has 0 saturated carbocycles. The number of nitrogens with zero attached hydrogens (tertiary/aromatic N) is 1. The van der Waals surface area contributed by atoms with Crippen LogP contribution in [0.2, 0.25) is 0 Å². The zero-order chi connectivity index (χ0) is 14.2. The molecule has 0 radical (unpaired) electrons. The van der Waals surface area contributed by atoms with E-state index in [1.165, 1.54) is 18.9 Å². The fourth-order valence-corrected chi connectivity index (χ4v) is 2.34. The van der Waals surface area contributed by atoms with E-state index in [2.05, 4.69) is 5.32 Å².